The van der Waals surface area contributed by atoms with Gasteiger partial charge in [0.05, 0.1) is 12.2 Å². The second-order valence-electron chi connectivity index (χ2n) is 5.70. The molecule has 23 heavy (non-hydrogen) atoms. The number of carbonyl (C=O) groups is 1. The van der Waals surface area contributed by atoms with Gasteiger partial charge < -0.3 is 9.47 Å². The van der Waals surface area contributed by atoms with Gasteiger partial charge in [-0.15, -0.1) is 0 Å². The van der Waals surface area contributed by atoms with Gasteiger partial charge in [-0.3, -0.25) is 10.00 Å². The van der Waals surface area contributed by atoms with Crippen LogP contribution in [0, 0.1) is 6.92 Å². The van der Waals surface area contributed by atoms with E-state index >= 15 is 0 Å². The molecular weight excluding hydrogens is 292 g/mol. The molecule has 0 spiro atoms. The molecule has 2 aromatic rings. The number of rotatable bonds is 6. The summed E-state index contributed by atoms with van der Waals surface area (Å²) in [6, 6.07) is -0.118. The molecule has 7 nitrogen and oxygen atoms in total. The van der Waals surface area contributed by atoms with E-state index in [1.54, 1.807) is 15.8 Å². The van der Waals surface area contributed by atoms with Gasteiger partial charge in [0.15, 0.2) is 0 Å². The van der Waals surface area contributed by atoms with E-state index in [2.05, 4.69) is 29.2 Å². The van der Waals surface area contributed by atoms with E-state index in [1.165, 1.54) is 0 Å². The van der Waals surface area contributed by atoms with E-state index in [9.17, 15) is 4.79 Å². The Morgan fingerprint density at radius 1 is 1.35 bits per heavy atom. The van der Waals surface area contributed by atoms with Crippen LogP contribution in [0.2, 0.25) is 0 Å². The minimum absolute atomic E-state index is 0.118. The molecule has 0 fully saturated rings. The molecular formula is C16H26N6O. The van der Waals surface area contributed by atoms with Crippen LogP contribution in [0.3, 0.4) is 0 Å². The lowest BCUT2D eigenvalue weighted by Gasteiger charge is -2.22. The molecule has 2 rings (SSSR count). The van der Waals surface area contributed by atoms with Crippen molar-refractivity contribution in [3.8, 4) is 0 Å². The number of amides is 2. The van der Waals surface area contributed by atoms with Gasteiger partial charge in [-0.1, -0.05) is 13.8 Å². The first-order valence-corrected chi connectivity index (χ1v) is 8.02. The molecule has 0 saturated carbocycles. The highest BCUT2D eigenvalue weighted by Gasteiger charge is 2.19. The Morgan fingerprint density at radius 3 is 2.65 bits per heavy atom. The second-order valence-corrected chi connectivity index (χ2v) is 5.70. The van der Waals surface area contributed by atoms with Crippen LogP contribution in [-0.2, 0) is 27.1 Å². The highest BCUT2D eigenvalue weighted by Crippen LogP contribution is 2.20. The maximum atomic E-state index is 12.7. The van der Waals surface area contributed by atoms with E-state index < -0.39 is 0 Å². The number of nitrogens with zero attached hydrogens (tertiary/aromatic N) is 5. The fourth-order valence-electron chi connectivity index (χ4n) is 2.70. The van der Waals surface area contributed by atoms with Crippen LogP contribution in [0.25, 0.3) is 0 Å². The van der Waals surface area contributed by atoms with Crippen LogP contribution in [0.5, 0.6) is 0 Å². The fourth-order valence-corrected chi connectivity index (χ4v) is 2.70. The van der Waals surface area contributed by atoms with E-state index in [4.69, 9.17) is 0 Å². The highest BCUT2D eigenvalue weighted by atomic mass is 16.2. The van der Waals surface area contributed by atoms with Crippen LogP contribution < -0.4 is 5.32 Å². The zero-order chi connectivity index (χ0) is 17.0. The quantitative estimate of drug-likeness (QED) is 0.889. The Hall–Kier alpha value is -2.31. The minimum atomic E-state index is -0.118. The molecule has 7 heteroatoms. The minimum Gasteiger partial charge on any atom is -0.337 e. The number of urea groups is 1. The number of carbonyl (C=O) groups excluding carboxylic acids is 1. The summed E-state index contributed by atoms with van der Waals surface area (Å²) in [7, 11) is 3.79. The topological polar surface area (TPSA) is 68.0 Å². The van der Waals surface area contributed by atoms with Crippen LogP contribution in [0.15, 0.2) is 12.4 Å². The normalized spacial score (nSPS) is 10.8. The molecule has 0 aliphatic heterocycles. The average Bonchev–Trinajstić information content (AvgIpc) is 3.02. The van der Waals surface area contributed by atoms with E-state index in [0.29, 0.717) is 13.1 Å². The molecule has 0 radical (unpaired) electrons. The Bertz CT molecular complexity index is 672. The van der Waals surface area contributed by atoms with Gasteiger partial charge in [-0.05, 0) is 19.8 Å². The van der Waals surface area contributed by atoms with Crippen molar-refractivity contribution in [3.63, 3.8) is 0 Å². The summed E-state index contributed by atoms with van der Waals surface area (Å²) in [6.45, 7) is 7.26. The van der Waals surface area contributed by atoms with Gasteiger partial charge in [0, 0.05) is 38.6 Å². The summed E-state index contributed by atoms with van der Waals surface area (Å²) in [6.07, 6.45) is 5.36. The first kappa shape index (κ1) is 17.1. The molecule has 126 valence electrons. The molecule has 0 unspecified atom stereocenters. The predicted octanol–water partition coefficient (Wildman–Crippen LogP) is 2.47. The van der Waals surface area contributed by atoms with Gasteiger partial charge >= 0.3 is 6.03 Å². The molecule has 2 amide bonds. The van der Waals surface area contributed by atoms with Crippen molar-refractivity contribution in [1.29, 1.82) is 0 Å². The van der Waals surface area contributed by atoms with Gasteiger partial charge in [0.1, 0.15) is 11.6 Å². The van der Waals surface area contributed by atoms with Crippen molar-refractivity contribution < 1.29 is 4.79 Å². The Balaban J connectivity index is 2.17. The highest BCUT2D eigenvalue weighted by molar-refractivity contribution is 5.89. The summed E-state index contributed by atoms with van der Waals surface area (Å²) < 4.78 is 3.67. The molecule has 0 bridgehead atoms. The first-order chi connectivity index (χ1) is 11.0. The van der Waals surface area contributed by atoms with Crippen molar-refractivity contribution in [1.82, 2.24) is 24.2 Å². The van der Waals surface area contributed by atoms with Crippen LogP contribution in [0.4, 0.5) is 10.6 Å². The summed E-state index contributed by atoms with van der Waals surface area (Å²) >= 11 is 0. The number of hydrogen-bond acceptors (Lipinski definition) is 3. The summed E-state index contributed by atoms with van der Waals surface area (Å²) in [5.74, 6) is 1.64. The largest absolute Gasteiger partial charge is 0.337 e. The standard InChI is InChI=1S/C16H26N6O/c1-6-9-22(11-14-17-8-10-20(14)4)16(23)18-15-13(7-2)12(3)19-21(15)5/h8,10H,6-7,9,11H2,1-5H3,(H,18,23). The SMILES string of the molecule is CCCN(Cc1nccn1C)C(=O)Nc1c(CC)c(C)nn1C. The average molecular weight is 318 g/mol. The number of imidazole rings is 1. The number of aromatic nitrogens is 4. The lowest BCUT2D eigenvalue weighted by atomic mass is 10.2. The van der Waals surface area contributed by atoms with Crippen molar-refractivity contribution >= 4 is 11.8 Å². The van der Waals surface area contributed by atoms with Crippen molar-refractivity contribution in [2.45, 2.75) is 40.2 Å². The van der Waals surface area contributed by atoms with Gasteiger partial charge in [0.2, 0.25) is 0 Å². The lowest BCUT2D eigenvalue weighted by molar-refractivity contribution is 0.207. The third-order valence-electron chi connectivity index (χ3n) is 3.96. The summed E-state index contributed by atoms with van der Waals surface area (Å²) in [4.78, 5) is 18.8. The lowest BCUT2D eigenvalue weighted by Crippen LogP contribution is -2.36. The zero-order valence-electron chi connectivity index (χ0n) is 14.6. The van der Waals surface area contributed by atoms with Gasteiger partial charge in [-0.25, -0.2) is 9.78 Å². The van der Waals surface area contributed by atoms with E-state index in [0.717, 1.165) is 35.7 Å². The predicted molar refractivity (Wildman–Crippen MR) is 90.3 cm³/mol. The molecule has 0 aromatic carbocycles. The number of nitrogens with one attached hydrogen (secondary N) is 1. The van der Waals surface area contributed by atoms with Crippen molar-refractivity contribution in [2.75, 3.05) is 11.9 Å². The second kappa shape index (κ2) is 7.30. The molecule has 0 aliphatic rings. The smallest absolute Gasteiger partial charge is 0.323 e. The third kappa shape index (κ3) is 3.72. The molecule has 1 N–H and O–H groups in total. The van der Waals surface area contributed by atoms with E-state index in [-0.39, 0.29) is 6.03 Å². The Kier molecular flexibility index (Phi) is 5.41. The molecule has 0 saturated heterocycles. The van der Waals surface area contributed by atoms with Crippen molar-refractivity contribution in [2.24, 2.45) is 14.1 Å². The van der Waals surface area contributed by atoms with Crippen LogP contribution in [-0.4, -0.2) is 36.8 Å². The van der Waals surface area contributed by atoms with Crippen LogP contribution >= 0.6 is 0 Å². The maximum absolute atomic E-state index is 12.7. The number of hydrogen-bond donors (Lipinski definition) is 1. The third-order valence-corrected chi connectivity index (χ3v) is 3.96. The maximum Gasteiger partial charge on any atom is 0.323 e. The molecule has 0 atom stereocenters. The van der Waals surface area contributed by atoms with Gasteiger partial charge in [-0.2, -0.15) is 5.10 Å². The summed E-state index contributed by atoms with van der Waals surface area (Å²) in [5.41, 5.74) is 2.03. The number of anilines is 1. The Labute approximate surface area is 137 Å². The first-order valence-electron chi connectivity index (χ1n) is 8.02. The van der Waals surface area contributed by atoms with Gasteiger partial charge in [0.25, 0.3) is 0 Å². The monoisotopic (exact) mass is 318 g/mol. The molecule has 0 aliphatic carbocycles. The van der Waals surface area contributed by atoms with Crippen molar-refractivity contribution in [3.05, 3.63) is 29.5 Å². The molecule has 2 aromatic heterocycles. The van der Waals surface area contributed by atoms with E-state index in [1.807, 2.05) is 31.8 Å². The van der Waals surface area contributed by atoms with Crippen LogP contribution in [0.1, 0.15) is 37.4 Å². The fraction of sp³-hybridized carbons (Fsp3) is 0.562. The summed E-state index contributed by atoms with van der Waals surface area (Å²) in [5, 5.41) is 7.41. The molecule has 2 heterocycles. The Morgan fingerprint density at radius 2 is 2.09 bits per heavy atom. The zero-order valence-corrected chi connectivity index (χ0v) is 14.6. The number of aryl methyl sites for hydroxylation is 3.